The number of carbonyl (C=O) groups is 3. The molecule has 0 bridgehead atoms. The highest BCUT2D eigenvalue weighted by molar-refractivity contribution is 5.89. The van der Waals surface area contributed by atoms with Gasteiger partial charge in [-0.3, -0.25) is 4.79 Å². The third kappa shape index (κ3) is 4.47. The van der Waals surface area contributed by atoms with Crippen LogP contribution in [0.4, 0.5) is 0 Å². The Labute approximate surface area is 220 Å². The van der Waals surface area contributed by atoms with Crippen LogP contribution in [0.25, 0.3) is 0 Å². The Bertz CT molecular complexity index is 1070. The van der Waals surface area contributed by atoms with Gasteiger partial charge in [-0.15, -0.1) is 0 Å². The van der Waals surface area contributed by atoms with Crippen LogP contribution in [0.1, 0.15) is 86.5 Å². The fourth-order valence-electron chi connectivity index (χ4n) is 7.56. The average molecular weight is 515 g/mol. The molecule has 4 rings (SSSR count). The van der Waals surface area contributed by atoms with Gasteiger partial charge in [0.15, 0.2) is 6.10 Å². The van der Waals surface area contributed by atoms with Crippen LogP contribution in [-0.2, 0) is 28.6 Å². The van der Waals surface area contributed by atoms with E-state index in [1.807, 2.05) is 0 Å². The highest BCUT2D eigenvalue weighted by Gasteiger charge is 2.68. The SMILES string of the molecule is C/C=C(\C)C(=O)O[C@@H]1C2=C(CO)CCC[C@@H]2[C@@]2(C)CC[C@@]3(COC(=O)C3)C[C@@]2(C)[C@H]1OC(=O)/C(C)=C/C. The van der Waals surface area contributed by atoms with E-state index in [2.05, 4.69) is 13.8 Å². The minimum absolute atomic E-state index is 0.0743. The molecule has 37 heavy (non-hydrogen) atoms. The molecular weight excluding hydrogens is 472 g/mol. The second-order valence-corrected chi connectivity index (χ2v) is 12.1. The number of aliphatic hydroxyl groups excluding tert-OH is 1. The lowest BCUT2D eigenvalue weighted by Crippen LogP contribution is -2.66. The topological polar surface area (TPSA) is 99.1 Å². The number of hydrogen-bond donors (Lipinski definition) is 1. The molecule has 1 N–H and O–H groups in total. The summed E-state index contributed by atoms with van der Waals surface area (Å²) < 4.78 is 18.0. The van der Waals surface area contributed by atoms with Gasteiger partial charge in [0.1, 0.15) is 6.10 Å². The number of aliphatic hydroxyl groups is 1. The summed E-state index contributed by atoms with van der Waals surface area (Å²) in [7, 11) is 0. The van der Waals surface area contributed by atoms with E-state index < -0.39 is 29.6 Å². The summed E-state index contributed by atoms with van der Waals surface area (Å²) >= 11 is 0. The third-order valence-corrected chi connectivity index (χ3v) is 10.2. The Kier molecular flexibility index (Phi) is 7.50. The van der Waals surface area contributed by atoms with Crippen molar-refractivity contribution in [1.29, 1.82) is 0 Å². The number of ether oxygens (including phenoxy) is 3. The molecule has 0 aromatic heterocycles. The molecule has 0 radical (unpaired) electrons. The van der Waals surface area contributed by atoms with Crippen LogP contribution >= 0.6 is 0 Å². The van der Waals surface area contributed by atoms with Crippen molar-refractivity contribution in [3.8, 4) is 0 Å². The number of carbonyl (C=O) groups excluding carboxylic acids is 3. The minimum Gasteiger partial charge on any atom is -0.465 e. The molecule has 3 fully saturated rings. The molecule has 7 heteroatoms. The van der Waals surface area contributed by atoms with E-state index in [1.54, 1.807) is 39.8 Å². The van der Waals surface area contributed by atoms with E-state index in [-0.39, 0.29) is 29.3 Å². The summed E-state index contributed by atoms with van der Waals surface area (Å²) in [6.45, 7) is 11.7. The molecule has 204 valence electrons. The van der Waals surface area contributed by atoms with Crippen molar-refractivity contribution < 1.29 is 33.7 Å². The average Bonchev–Trinajstić information content (AvgIpc) is 3.25. The predicted octanol–water partition coefficient (Wildman–Crippen LogP) is 4.97. The maximum absolute atomic E-state index is 13.3. The molecule has 1 heterocycles. The first-order chi connectivity index (χ1) is 17.4. The second kappa shape index (κ2) is 10.0. The van der Waals surface area contributed by atoms with Crippen LogP contribution in [0, 0.1) is 22.2 Å². The molecule has 1 aliphatic heterocycles. The lowest BCUT2D eigenvalue weighted by Gasteiger charge is -2.66. The number of cyclic esters (lactones) is 1. The van der Waals surface area contributed by atoms with E-state index in [4.69, 9.17) is 14.2 Å². The van der Waals surface area contributed by atoms with Crippen molar-refractivity contribution >= 4 is 17.9 Å². The largest absolute Gasteiger partial charge is 0.465 e. The Morgan fingerprint density at radius 1 is 1.05 bits per heavy atom. The van der Waals surface area contributed by atoms with Gasteiger partial charge >= 0.3 is 17.9 Å². The molecule has 0 unspecified atom stereocenters. The lowest BCUT2D eigenvalue weighted by atomic mass is 9.40. The van der Waals surface area contributed by atoms with E-state index in [0.717, 1.165) is 43.3 Å². The van der Waals surface area contributed by atoms with Gasteiger partial charge in [-0.2, -0.15) is 0 Å². The highest BCUT2D eigenvalue weighted by atomic mass is 16.6. The molecular formula is C30H42O7. The van der Waals surface area contributed by atoms with Gasteiger partial charge in [-0.05, 0) is 88.7 Å². The zero-order chi connectivity index (χ0) is 27.2. The molecule has 7 nitrogen and oxygen atoms in total. The van der Waals surface area contributed by atoms with Crippen molar-refractivity contribution in [2.45, 2.75) is 98.7 Å². The van der Waals surface area contributed by atoms with Crippen molar-refractivity contribution in [2.75, 3.05) is 13.2 Å². The standard InChI is InChI=1S/C30H42O7/c1-7-18(3)26(33)36-24-23-20(15-31)10-9-11-21(23)28(5)12-13-30(14-22(32)35-17-30)16-29(28,6)25(24)37-27(34)19(4)8-2/h7-8,21,24-25,31H,9-17H2,1-6H3/b18-7+,19-8+/t21-,24+,25-,28+,29-,30-/m0/s1. The van der Waals surface area contributed by atoms with Crippen LogP contribution in [0.2, 0.25) is 0 Å². The predicted molar refractivity (Wildman–Crippen MR) is 138 cm³/mol. The van der Waals surface area contributed by atoms with Crippen molar-refractivity contribution in [3.05, 3.63) is 34.4 Å². The molecule has 1 saturated heterocycles. The highest BCUT2D eigenvalue weighted by Crippen LogP contribution is 2.69. The third-order valence-electron chi connectivity index (χ3n) is 10.2. The van der Waals surface area contributed by atoms with Gasteiger partial charge in [-0.25, -0.2) is 9.59 Å². The molecule has 3 aliphatic carbocycles. The molecule has 0 amide bonds. The first-order valence-corrected chi connectivity index (χ1v) is 13.6. The first-order valence-electron chi connectivity index (χ1n) is 13.6. The Morgan fingerprint density at radius 2 is 1.70 bits per heavy atom. The Balaban J connectivity index is 1.91. The number of rotatable bonds is 5. The van der Waals surface area contributed by atoms with Crippen LogP contribution in [0.5, 0.6) is 0 Å². The molecule has 4 aliphatic rings. The number of fused-ring (bicyclic) bond motifs is 3. The van der Waals surface area contributed by atoms with Crippen molar-refractivity contribution in [2.24, 2.45) is 22.2 Å². The fourth-order valence-corrected chi connectivity index (χ4v) is 7.56. The van der Waals surface area contributed by atoms with Gasteiger partial charge in [0.25, 0.3) is 0 Å². The smallest absolute Gasteiger partial charge is 0.334 e. The molecule has 2 saturated carbocycles. The van der Waals surface area contributed by atoms with Crippen LogP contribution in [0.15, 0.2) is 34.4 Å². The summed E-state index contributed by atoms with van der Waals surface area (Å²) in [4.78, 5) is 38.7. The van der Waals surface area contributed by atoms with Gasteiger partial charge in [0.05, 0.1) is 19.6 Å². The summed E-state index contributed by atoms with van der Waals surface area (Å²) in [5.74, 6) is -1.01. The molecule has 0 aromatic carbocycles. The van der Waals surface area contributed by atoms with E-state index in [9.17, 15) is 19.5 Å². The zero-order valence-corrected chi connectivity index (χ0v) is 23.1. The van der Waals surface area contributed by atoms with Crippen molar-refractivity contribution in [3.63, 3.8) is 0 Å². The van der Waals surface area contributed by atoms with Crippen LogP contribution < -0.4 is 0 Å². The van der Waals surface area contributed by atoms with Gasteiger partial charge in [-0.1, -0.05) is 26.0 Å². The summed E-state index contributed by atoms with van der Waals surface area (Å²) in [6, 6.07) is 0. The Morgan fingerprint density at radius 3 is 2.27 bits per heavy atom. The summed E-state index contributed by atoms with van der Waals surface area (Å²) in [5.41, 5.74) is 1.57. The number of esters is 3. The lowest BCUT2D eigenvalue weighted by molar-refractivity contribution is -0.221. The summed E-state index contributed by atoms with van der Waals surface area (Å²) in [6.07, 6.45) is 7.09. The monoisotopic (exact) mass is 514 g/mol. The van der Waals surface area contributed by atoms with Crippen LogP contribution in [0.3, 0.4) is 0 Å². The van der Waals surface area contributed by atoms with E-state index in [1.165, 1.54) is 0 Å². The zero-order valence-electron chi connectivity index (χ0n) is 23.1. The maximum Gasteiger partial charge on any atom is 0.334 e. The maximum atomic E-state index is 13.3. The van der Waals surface area contributed by atoms with Gasteiger partial charge < -0.3 is 19.3 Å². The second-order valence-electron chi connectivity index (χ2n) is 12.1. The molecule has 6 atom stereocenters. The van der Waals surface area contributed by atoms with Crippen LogP contribution in [-0.4, -0.2) is 48.4 Å². The summed E-state index contributed by atoms with van der Waals surface area (Å²) in [5, 5.41) is 10.4. The molecule has 0 aromatic rings. The fraction of sp³-hybridized carbons (Fsp3) is 0.700. The molecule has 1 spiro atoms. The number of hydrogen-bond acceptors (Lipinski definition) is 7. The van der Waals surface area contributed by atoms with E-state index in [0.29, 0.717) is 30.6 Å². The number of allylic oxidation sites excluding steroid dienone is 2. The minimum atomic E-state index is -0.810. The normalized spacial score (nSPS) is 38.1. The van der Waals surface area contributed by atoms with E-state index >= 15 is 0 Å². The van der Waals surface area contributed by atoms with Gasteiger partial charge in [0.2, 0.25) is 0 Å². The van der Waals surface area contributed by atoms with Crippen molar-refractivity contribution in [1.82, 2.24) is 0 Å². The Hall–Kier alpha value is -2.41. The first kappa shape index (κ1) is 27.6. The van der Waals surface area contributed by atoms with Gasteiger partial charge in [0, 0.05) is 22.0 Å². The quantitative estimate of drug-likeness (QED) is 0.239.